The maximum atomic E-state index is 13.7. The molecule has 214 valence electrons. The molecular weight excluding hydrogens is 581 g/mol. The van der Waals surface area contributed by atoms with Crippen LogP contribution in [0.1, 0.15) is 35.6 Å². The molecule has 0 unspecified atom stereocenters. The Morgan fingerprint density at radius 2 is 1.81 bits per heavy atom. The van der Waals surface area contributed by atoms with E-state index in [0.29, 0.717) is 22.5 Å². The molecular formula is C33H26N4O4S2. The van der Waals surface area contributed by atoms with Crippen LogP contribution in [0.3, 0.4) is 0 Å². The summed E-state index contributed by atoms with van der Waals surface area (Å²) in [5, 5.41) is 12.1. The number of carbonyl (C=O) groups is 1. The van der Waals surface area contributed by atoms with E-state index >= 15 is 0 Å². The molecule has 4 heterocycles. The van der Waals surface area contributed by atoms with Crippen LogP contribution in [0.25, 0.3) is 22.3 Å². The van der Waals surface area contributed by atoms with E-state index in [4.69, 9.17) is 20.4 Å². The van der Waals surface area contributed by atoms with Crippen molar-refractivity contribution in [3.63, 3.8) is 0 Å². The van der Waals surface area contributed by atoms with Gasteiger partial charge >= 0.3 is 5.97 Å². The van der Waals surface area contributed by atoms with Crippen LogP contribution < -0.4 is 11.3 Å². The molecule has 2 aliphatic heterocycles. The molecule has 0 bridgehead atoms. The van der Waals surface area contributed by atoms with Crippen LogP contribution in [-0.2, 0) is 28.3 Å². The maximum Gasteiger partial charge on any atom is 0.343 e. The summed E-state index contributed by atoms with van der Waals surface area (Å²) in [6.07, 6.45) is 1.94. The average Bonchev–Trinajstić information content (AvgIpc) is 3.40. The Balaban J connectivity index is 1.32. The second kappa shape index (κ2) is 10.7. The molecule has 1 atom stereocenters. The van der Waals surface area contributed by atoms with Gasteiger partial charge in [0.2, 0.25) is 0 Å². The lowest BCUT2D eigenvalue weighted by molar-refractivity contribution is -0.172. The quantitative estimate of drug-likeness (QED) is 0.0994. The number of para-hydroxylation sites is 2. The number of hydrogen-bond acceptors (Lipinski definition) is 9. The minimum Gasteiger partial charge on any atom is -0.458 e. The van der Waals surface area contributed by atoms with Crippen LogP contribution in [0.2, 0.25) is 0 Å². The van der Waals surface area contributed by atoms with Crippen LogP contribution in [-0.4, -0.2) is 26.8 Å². The van der Waals surface area contributed by atoms with Crippen molar-refractivity contribution in [3.05, 3.63) is 111 Å². The fourth-order valence-corrected chi connectivity index (χ4v) is 7.68. The third-order valence-corrected chi connectivity index (χ3v) is 10.4. The average molecular weight is 607 g/mol. The van der Waals surface area contributed by atoms with Gasteiger partial charge in [-0.1, -0.05) is 58.8 Å². The van der Waals surface area contributed by atoms with Gasteiger partial charge in [0.1, 0.15) is 6.61 Å². The van der Waals surface area contributed by atoms with E-state index in [1.807, 2.05) is 79.0 Å². The molecule has 0 amide bonds. The molecule has 7 rings (SSSR count). The van der Waals surface area contributed by atoms with E-state index in [2.05, 4.69) is 0 Å². The molecule has 3 aromatic carbocycles. The van der Waals surface area contributed by atoms with Crippen LogP contribution >= 0.6 is 21.6 Å². The number of aromatic nitrogens is 2. The molecule has 10 heteroatoms. The third-order valence-electron chi connectivity index (χ3n) is 7.94. The molecule has 0 fully saturated rings. The predicted molar refractivity (Wildman–Crippen MR) is 171 cm³/mol. The molecule has 0 radical (unpaired) electrons. The minimum absolute atomic E-state index is 0.0890. The Morgan fingerprint density at radius 1 is 1.05 bits per heavy atom. The highest BCUT2D eigenvalue weighted by Crippen LogP contribution is 2.43. The molecule has 0 saturated carbocycles. The van der Waals surface area contributed by atoms with Gasteiger partial charge in [-0.15, -0.1) is 0 Å². The van der Waals surface area contributed by atoms with Gasteiger partial charge in [-0.3, -0.25) is 9.79 Å². The van der Waals surface area contributed by atoms with Crippen LogP contribution in [0.4, 0.5) is 11.4 Å². The van der Waals surface area contributed by atoms with Gasteiger partial charge in [0, 0.05) is 43.8 Å². The fraction of sp³-hybridized carbons (Fsp3) is 0.152. The number of ether oxygens (including phenoxy) is 1. The molecule has 0 aliphatic carbocycles. The van der Waals surface area contributed by atoms with Crippen molar-refractivity contribution in [1.29, 1.82) is 0 Å². The summed E-state index contributed by atoms with van der Waals surface area (Å²) in [6, 6.07) is 25.2. The predicted octanol–water partition coefficient (Wildman–Crippen LogP) is 6.21. The Bertz CT molecular complexity index is 2020. The summed E-state index contributed by atoms with van der Waals surface area (Å²) in [5.74, 6) is -0.740. The van der Waals surface area contributed by atoms with Crippen LogP contribution in [0.5, 0.6) is 0 Å². The number of fused-ring (bicyclic) bond motifs is 5. The summed E-state index contributed by atoms with van der Waals surface area (Å²) in [6.45, 7) is 1.82. The van der Waals surface area contributed by atoms with Crippen molar-refractivity contribution in [1.82, 2.24) is 9.55 Å². The zero-order chi connectivity index (χ0) is 29.7. The first-order valence-electron chi connectivity index (χ1n) is 13.8. The number of cyclic esters (lactones) is 1. The second-order valence-corrected chi connectivity index (χ2v) is 12.7. The number of hydrogen-bond donors (Lipinski definition) is 2. The number of anilines is 1. The van der Waals surface area contributed by atoms with E-state index in [-0.39, 0.29) is 25.1 Å². The van der Waals surface area contributed by atoms with E-state index < -0.39 is 11.6 Å². The highest BCUT2D eigenvalue weighted by molar-refractivity contribution is 8.76. The van der Waals surface area contributed by atoms with Crippen molar-refractivity contribution in [3.8, 4) is 11.4 Å². The molecule has 2 aliphatic rings. The molecule has 8 nitrogen and oxygen atoms in total. The Hall–Kier alpha value is -4.38. The number of carbonyl (C=O) groups excluding carboxylic acids is 1. The summed E-state index contributed by atoms with van der Waals surface area (Å²) in [7, 11) is 3.25. The second-order valence-electron chi connectivity index (χ2n) is 10.4. The van der Waals surface area contributed by atoms with Gasteiger partial charge in [-0.05, 0) is 55.0 Å². The Kier molecular flexibility index (Phi) is 6.84. The van der Waals surface area contributed by atoms with Crippen molar-refractivity contribution in [2.24, 2.45) is 4.99 Å². The summed E-state index contributed by atoms with van der Waals surface area (Å²) < 4.78 is 6.87. The van der Waals surface area contributed by atoms with E-state index in [1.165, 1.54) is 0 Å². The Morgan fingerprint density at radius 3 is 2.63 bits per heavy atom. The number of rotatable bonds is 6. The van der Waals surface area contributed by atoms with Gasteiger partial charge in [0.05, 0.1) is 34.7 Å². The molecule has 0 spiro atoms. The van der Waals surface area contributed by atoms with Crippen LogP contribution in [0, 0.1) is 0 Å². The zero-order valence-corrected chi connectivity index (χ0v) is 24.7. The van der Waals surface area contributed by atoms with Crippen LogP contribution in [0.15, 0.2) is 98.4 Å². The monoisotopic (exact) mass is 606 g/mol. The summed E-state index contributed by atoms with van der Waals surface area (Å²) in [5.41, 5.74) is 9.48. The Labute approximate surface area is 255 Å². The van der Waals surface area contributed by atoms with Crippen molar-refractivity contribution in [2.45, 2.75) is 41.9 Å². The third kappa shape index (κ3) is 4.62. The molecule has 43 heavy (non-hydrogen) atoms. The van der Waals surface area contributed by atoms with E-state index in [1.54, 1.807) is 39.1 Å². The lowest BCUT2D eigenvalue weighted by Crippen LogP contribution is -2.44. The highest BCUT2D eigenvalue weighted by atomic mass is 33.1. The van der Waals surface area contributed by atoms with Gasteiger partial charge in [-0.2, -0.15) is 0 Å². The lowest BCUT2D eigenvalue weighted by Gasteiger charge is -2.31. The number of nitrogens with zero attached hydrogens (tertiary/aromatic N) is 3. The first-order valence-corrected chi connectivity index (χ1v) is 15.9. The zero-order valence-electron chi connectivity index (χ0n) is 23.1. The fourth-order valence-electron chi connectivity index (χ4n) is 5.59. The number of nitrogens with two attached hydrogens (primary N) is 1. The first kappa shape index (κ1) is 27.5. The summed E-state index contributed by atoms with van der Waals surface area (Å²) >= 11 is 0. The largest absolute Gasteiger partial charge is 0.458 e. The molecule has 2 aromatic heterocycles. The topological polar surface area (TPSA) is 120 Å². The van der Waals surface area contributed by atoms with Gasteiger partial charge in [0.25, 0.3) is 5.56 Å². The SMILES string of the molecule is CC[C@@]1(O)C(=O)OCc2c1cc1n(c2=O)Cc2c-1nc1ccccc1c2C=Nc1ccccc1SSc1ccc(N)cc1. The van der Waals surface area contributed by atoms with Crippen molar-refractivity contribution >= 4 is 56.0 Å². The van der Waals surface area contributed by atoms with Gasteiger partial charge < -0.3 is 20.1 Å². The minimum atomic E-state index is -1.88. The standard InChI is InChI=1S/C33H26N4O4S2/c1-2-33(40)25-15-28-30-23(17-37(28)31(38)24(25)18-41-32(33)39)22(21-7-3-4-8-26(21)36-30)16-35-27-9-5-6-10-29(27)43-42-20-13-11-19(34)12-14-20/h3-16,40H,2,17-18,34H2,1H3/t33-/m0/s1. The smallest absolute Gasteiger partial charge is 0.343 e. The maximum absolute atomic E-state index is 13.7. The van der Waals surface area contributed by atoms with Gasteiger partial charge in [-0.25, -0.2) is 9.78 Å². The molecule has 0 saturated heterocycles. The molecule has 5 aromatic rings. The molecule has 3 N–H and O–H groups in total. The van der Waals surface area contributed by atoms with Gasteiger partial charge in [0.15, 0.2) is 5.60 Å². The number of pyridine rings is 2. The lowest BCUT2D eigenvalue weighted by atomic mass is 9.86. The van der Waals surface area contributed by atoms with Crippen molar-refractivity contribution in [2.75, 3.05) is 5.73 Å². The first-order chi connectivity index (χ1) is 20.9. The number of aliphatic hydroxyl groups is 1. The van der Waals surface area contributed by atoms with E-state index in [0.717, 1.165) is 43.2 Å². The number of benzene rings is 3. The number of nitrogen functional groups attached to an aromatic ring is 1. The normalized spacial score (nSPS) is 17.1. The highest BCUT2D eigenvalue weighted by Gasteiger charge is 2.45. The van der Waals surface area contributed by atoms with E-state index in [9.17, 15) is 14.7 Å². The number of esters is 1. The van der Waals surface area contributed by atoms with Crippen molar-refractivity contribution < 1.29 is 14.6 Å². The number of aliphatic imine (C=N–C) groups is 1. The summed E-state index contributed by atoms with van der Waals surface area (Å²) in [4.78, 5) is 38.2.